The molecule has 1 heterocycles. The van der Waals surface area contributed by atoms with E-state index in [4.69, 9.17) is 11.6 Å². The topological polar surface area (TPSA) is 25.2 Å². The van der Waals surface area contributed by atoms with Crippen molar-refractivity contribution in [3.05, 3.63) is 101 Å². The van der Waals surface area contributed by atoms with Crippen molar-refractivity contribution in [3.8, 4) is 0 Å². The maximum atomic E-state index is 13.0. The number of nitrogens with zero attached hydrogens (tertiary/aromatic N) is 2. The van der Waals surface area contributed by atoms with E-state index in [9.17, 15) is 4.79 Å². The molecule has 0 saturated heterocycles. The molecule has 0 aliphatic rings. The number of hydrogen-bond acceptors (Lipinski definition) is 1. The Bertz CT molecular complexity index is 962. The third-order valence-electron chi connectivity index (χ3n) is 5.18. The lowest BCUT2D eigenvalue weighted by atomic mass is 10.1. The summed E-state index contributed by atoms with van der Waals surface area (Å²) in [5.41, 5.74) is 3.18. The maximum absolute atomic E-state index is 13.0. The molecule has 0 saturated carbocycles. The van der Waals surface area contributed by atoms with Gasteiger partial charge in [0.2, 0.25) is 5.91 Å². The van der Waals surface area contributed by atoms with Crippen LogP contribution in [0.3, 0.4) is 0 Å². The SMILES string of the molecule is CC[C@@H](C)N(Cc1cccn1Cc1ccccc1Cl)C(=O)/C=C/c1ccccc1. The van der Waals surface area contributed by atoms with Crippen LogP contribution in [0.25, 0.3) is 6.08 Å². The van der Waals surface area contributed by atoms with E-state index in [1.54, 1.807) is 6.08 Å². The lowest BCUT2D eigenvalue weighted by Crippen LogP contribution is -2.37. The van der Waals surface area contributed by atoms with Crippen LogP contribution in [0.4, 0.5) is 0 Å². The van der Waals surface area contributed by atoms with Crippen LogP contribution in [-0.2, 0) is 17.9 Å². The lowest BCUT2D eigenvalue weighted by molar-refractivity contribution is -0.128. The van der Waals surface area contributed by atoms with Crippen LogP contribution in [-0.4, -0.2) is 21.4 Å². The van der Waals surface area contributed by atoms with Crippen molar-refractivity contribution in [2.75, 3.05) is 0 Å². The Balaban J connectivity index is 1.78. The van der Waals surface area contributed by atoms with Gasteiger partial charge in [0.15, 0.2) is 0 Å². The van der Waals surface area contributed by atoms with Crippen LogP contribution in [0.2, 0.25) is 5.02 Å². The zero-order valence-corrected chi connectivity index (χ0v) is 17.7. The second-order valence-electron chi connectivity index (χ2n) is 7.19. The van der Waals surface area contributed by atoms with Crippen molar-refractivity contribution in [2.24, 2.45) is 0 Å². The third kappa shape index (κ3) is 5.61. The van der Waals surface area contributed by atoms with E-state index in [0.29, 0.717) is 13.1 Å². The van der Waals surface area contributed by atoms with Crippen LogP contribution in [0.15, 0.2) is 79.0 Å². The van der Waals surface area contributed by atoms with Crippen molar-refractivity contribution in [1.82, 2.24) is 9.47 Å². The summed E-state index contributed by atoms with van der Waals surface area (Å²) in [6.07, 6.45) is 6.48. The first kappa shape index (κ1) is 20.9. The Hall–Kier alpha value is -2.78. The van der Waals surface area contributed by atoms with Gasteiger partial charge in [0, 0.05) is 35.6 Å². The van der Waals surface area contributed by atoms with E-state index >= 15 is 0 Å². The van der Waals surface area contributed by atoms with Crippen molar-refractivity contribution < 1.29 is 4.79 Å². The number of halogens is 1. The van der Waals surface area contributed by atoms with Crippen LogP contribution >= 0.6 is 11.6 Å². The smallest absolute Gasteiger partial charge is 0.247 e. The maximum Gasteiger partial charge on any atom is 0.247 e. The Labute approximate surface area is 178 Å². The Morgan fingerprint density at radius 3 is 2.52 bits per heavy atom. The fourth-order valence-electron chi connectivity index (χ4n) is 3.23. The van der Waals surface area contributed by atoms with Crippen LogP contribution < -0.4 is 0 Å². The van der Waals surface area contributed by atoms with Gasteiger partial charge < -0.3 is 9.47 Å². The molecule has 0 unspecified atom stereocenters. The molecule has 0 spiro atoms. The predicted molar refractivity (Wildman–Crippen MR) is 121 cm³/mol. The first-order valence-corrected chi connectivity index (χ1v) is 10.4. The van der Waals surface area contributed by atoms with Crippen molar-refractivity contribution in [1.29, 1.82) is 0 Å². The second kappa shape index (κ2) is 10.1. The summed E-state index contributed by atoms with van der Waals surface area (Å²) < 4.78 is 2.16. The highest BCUT2D eigenvalue weighted by atomic mass is 35.5. The first-order valence-electron chi connectivity index (χ1n) is 9.99. The Morgan fingerprint density at radius 1 is 1.07 bits per heavy atom. The fourth-order valence-corrected chi connectivity index (χ4v) is 3.43. The lowest BCUT2D eigenvalue weighted by Gasteiger charge is -2.28. The minimum atomic E-state index is 0.0219. The molecule has 0 fully saturated rings. The summed E-state index contributed by atoms with van der Waals surface area (Å²) in [5.74, 6) is 0.0219. The van der Waals surface area contributed by atoms with Crippen LogP contribution in [0, 0.1) is 0 Å². The quantitative estimate of drug-likeness (QED) is 0.419. The van der Waals surface area contributed by atoms with Gasteiger partial charge in [-0.05, 0) is 48.7 Å². The van der Waals surface area contributed by atoms with Gasteiger partial charge in [-0.15, -0.1) is 0 Å². The summed E-state index contributed by atoms with van der Waals surface area (Å²) >= 11 is 6.34. The molecule has 3 nitrogen and oxygen atoms in total. The summed E-state index contributed by atoms with van der Waals surface area (Å²) in [6.45, 7) is 5.44. The molecular formula is C25H27ClN2O. The van der Waals surface area contributed by atoms with Gasteiger partial charge in [0.25, 0.3) is 0 Å². The average molecular weight is 407 g/mol. The third-order valence-corrected chi connectivity index (χ3v) is 5.55. The molecular weight excluding hydrogens is 380 g/mol. The Morgan fingerprint density at radius 2 is 1.79 bits per heavy atom. The molecule has 1 amide bonds. The molecule has 4 heteroatoms. The van der Waals surface area contributed by atoms with Gasteiger partial charge in [0.05, 0.1) is 6.54 Å². The molecule has 0 aliphatic carbocycles. The summed E-state index contributed by atoms with van der Waals surface area (Å²) in [4.78, 5) is 14.9. The molecule has 1 aromatic heterocycles. The fraction of sp³-hybridized carbons (Fsp3) is 0.240. The molecule has 1 atom stereocenters. The van der Waals surface area contributed by atoms with Gasteiger partial charge in [-0.3, -0.25) is 4.79 Å². The molecule has 0 aliphatic heterocycles. The normalized spacial score (nSPS) is 12.2. The van der Waals surface area contributed by atoms with Crippen molar-refractivity contribution in [2.45, 2.75) is 39.4 Å². The minimum absolute atomic E-state index is 0.0219. The van der Waals surface area contributed by atoms with E-state index in [2.05, 4.69) is 24.5 Å². The predicted octanol–water partition coefficient (Wildman–Crippen LogP) is 6.03. The highest BCUT2D eigenvalue weighted by Gasteiger charge is 2.19. The van der Waals surface area contributed by atoms with Gasteiger partial charge >= 0.3 is 0 Å². The molecule has 0 N–H and O–H groups in total. The summed E-state index contributed by atoms with van der Waals surface area (Å²) in [7, 11) is 0. The molecule has 29 heavy (non-hydrogen) atoms. The highest BCUT2D eigenvalue weighted by Crippen LogP contribution is 2.19. The van der Waals surface area contributed by atoms with Gasteiger partial charge in [-0.2, -0.15) is 0 Å². The zero-order chi connectivity index (χ0) is 20.6. The van der Waals surface area contributed by atoms with E-state index in [1.807, 2.05) is 77.8 Å². The van der Waals surface area contributed by atoms with Gasteiger partial charge in [-0.1, -0.05) is 67.1 Å². The van der Waals surface area contributed by atoms with Crippen molar-refractivity contribution >= 4 is 23.6 Å². The van der Waals surface area contributed by atoms with Crippen molar-refractivity contribution in [3.63, 3.8) is 0 Å². The number of carbonyl (C=O) groups excluding carboxylic acids is 1. The standard InChI is InChI=1S/C25H27ClN2O/c1-3-20(2)28(25(29)16-15-21-10-5-4-6-11-21)19-23-13-9-17-27(23)18-22-12-7-8-14-24(22)26/h4-17,20H,3,18-19H2,1-2H3/b16-15+/t20-/m1/s1. The molecule has 0 bridgehead atoms. The number of amides is 1. The second-order valence-corrected chi connectivity index (χ2v) is 7.59. The Kier molecular flexibility index (Phi) is 7.31. The number of benzene rings is 2. The van der Waals surface area contributed by atoms with E-state index < -0.39 is 0 Å². The van der Waals surface area contributed by atoms with E-state index in [-0.39, 0.29) is 11.9 Å². The highest BCUT2D eigenvalue weighted by molar-refractivity contribution is 6.31. The number of hydrogen-bond donors (Lipinski definition) is 0. The molecule has 0 radical (unpaired) electrons. The zero-order valence-electron chi connectivity index (χ0n) is 17.0. The van der Waals surface area contributed by atoms with Crippen LogP contribution in [0.1, 0.15) is 37.1 Å². The molecule has 150 valence electrons. The largest absolute Gasteiger partial charge is 0.345 e. The van der Waals surface area contributed by atoms with E-state index in [1.165, 1.54) is 0 Å². The average Bonchev–Trinajstić information content (AvgIpc) is 3.18. The molecule has 2 aromatic carbocycles. The van der Waals surface area contributed by atoms with E-state index in [0.717, 1.165) is 28.3 Å². The number of aromatic nitrogens is 1. The number of rotatable bonds is 8. The van der Waals surface area contributed by atoms with Crippen LogP contribution in [0.5, 0.6) is 0 Å². The van der Waals surface area contributed by atoms with Gasteiger partial charge in [0.1, 0.15) is 0 Å². The summed E-state index contributed by atoms with van der Waals surface area (Å²) in [5, 5.41) is 0.757. The minimum Gasteiger partial charge on any atom is -0.345 e. The molecule has 3 aromatic rings. The van der Waals surface area contributed by atoms with Gasteiger partial charge in [-0.25, -0.2) is 0 Å². The summed E-state index contributed by atoms with van der Waals surface area (Å²) in [6, 6.07) is 22.0. The first-order chi connectivity index (χ1) is 14.1. The number of carbonyl (C=O) groups is 1. The molecule has 3 rings (SSSR count). The monoisotopic (exact) mass is 406 g/mol.